The van der Waals surface area contributed by atoms with Crippen molar-refractivity contribution in [2.24, 2.45) is 0 Å². The molecule has 0 aliphatic heterocycles. The Morgan fingerprint density at radius 1 is 1.41 bits per heavy atom. The normalized spacial score (nSPS) is 10.5. The van der Waals surface area contributed by atoms with Crippen molar-refractivity contribution in [3.05, 3.63) is 35.7 Å². The van der Waals surface area contributed by atoms with Crippen molar-refractivity contribution in [2.45, 2.75) is 20.1 Å². The van der Waals surface area contributed by atoms with Crippen LogP contribution in [-0.2, 0) is 13.2 Å². The van der Waals surface area contributed by atoms with Crippen molar-refractivity contribution in [1.29, 1.82) is 0 Å². The van der Waals surface area contributed by atoms with E-state index in [1.807, 2.05) is 19.2 Å². The zero-order chi connectivity index (χ0) is 12.1. The van der Waals surface area contributed by atoms with Gasteiger partial charge in [-0.1, -0.05) is 5.16 Å². The van der Waals surface area contributed by atoms with Crippen LogP contribution in [0.15, 0.2) is 22.9 Å². The first-order chi connectivity index (χ1) is 8.28. The third-order valence-electron chi connectivity index (χ3n) is 2.09. The quantitative estimate of drug-likeness (QED) is 0.834. The molecule has 1 N–H and O–H groups in total. The smallest absolute Gasteiger partial charge is 0.223 e. The zero-order valence-corrected chi connectivity index (χ0v) is 9.80. The third kappa shape index (κ3) is 3.25. The summed E-state index contributed by atoms with van der Waals surface area (Å²) in [6, 6.07) is 3.78. The van der Waals surface area contributed by atoms with E-state index in [4.69, 9.17) is 9.26 Å². The van der Waals surface area contributed by atoms with E-state index < -0.39 is 0 Å². The molecule has 0 saturated heterocycles. The van der Waals surface area contributed by atoms with Crippen LogP contribution < -0.4 is 10.1 Å². The predicted molar refractivity (Wildman–Crippen MR) is 60.4 cm³/mol. The molecule has 0 atom stereocenters. The second-order valence-corrected chi connectivity index (χ2v) is 3.53. The highest BCUT2D eigenvalue weighted by Gasteiger charge is 2.03. The average Bonchev–Trinajstić information content (AvgIpc) is 2.75. The number of nitrogens with one attached hydrogen (secondary N) is 1. The fourth-order valence-electron chi connectivity index (χ4n) is 1.33. The highest BCUT2D eigenvalue weighted by Crippen LogP contribution is 2.10. The SMILES string of the molecule is CNCc1ccc(OCc2noc(C)n2)cn1. The molecule has 6 heteroatoms. The topological polar surface area (TPSA) is 73.1 Å². The van der Waals surface area contributed by atoms with Crippen LogP contribution in [0.4, 0.5) is 0 Å². The summed E-state index contributed by atoms with van der Waals surface area (Å²) in [6.07, 6.45) is 1.68. The maximum Gasteiger partial charge on any atom is 0.223 e. The summed E-state index contributed by atoms with van der Waals surface area (Å²) in [5.41, 5.74) is 0.968. The van der Waals surface area contributed by atoms with Gasteiger partial charge in [0.2, 0.25) is 11.7 Å². The first kappa shape index (κ1) is 11.5. The van der Waals surface area contributed by atoms with Crippen LogP contribution in [0, 0.1) is 6.92 Å². The van der Waals surface area contributed by atoms with Gasteiger partial charge in [-0.3, -0.25) is 4.98 Å². The van der Waals surface area contributed by atoms with Crippen LogP contribution in [0.3, 0.4) is 0 Å². The molecule has 0 unspecified atom stereocenters. The van der Waals surface area contributed by atoms with E-state index in [0.717, 1.165) is 12.2 Å². The second-order valence-electron chi connectivity index (χ2n) is 3.53. The van der Waals surface area contributed by atoms with E-state index >= 15 is 0 Å². The first-order valence-corrected chi connectivity index (χ1v) is 5.29. The lowest BCUT2D eigenvalue weighted by molar-refractivity contribution is 0.284. The highest BCUT2D eigenvalue weighted by atomic mass is 16.5. The molecule has 0 amide bonds. The Morgan fingerprint density at radius 3 is 2.88 bits per heavy atom. The van der Waals surface area contributed by atoms with Crippen LogP contribution in [0.25, 0.3) is 0 Å². The Balaban J connectivity index is 1.90. The van der Waals surface area contributed by atoms with E-state index in [1.165, 1.54) is 0 Å². The molecule has 0 aromatic carbocycles. The molecule has 0 radical (unpaired) electrons. The van der Waals surface area contributed by atoms with Gasteiger partial charge in [0, 0.05) is 13.5 Å². The first-order valence-electron chi connectivity index (χ1n) is 5.29. The van der Waals surface area contributed by atoms with Gasteiger partial charge in [0.25, 0.3) is 0 Å². The minimum absolute atomic E-state index is 0.282. The summed E-state index contributed by atoms with van der Waals surface area (Å²) < 4.78 is 10.3. The number of aromatic nitrogens is 3. The molecule has 2 aromatic heterocycles. The Labute approximate surface area is 99.0 Å². The summed E-state index contributed by atoms with van der Waals surface area (Å²) in [5, 5.41) is 6.76. The molecule has 2 rings (SSSR count). The number of nitrogens with zero attached hydrogens (tertiary/aromatic N) is 3. The van der Waals surface area contributed by atoms with Crippen molar-refractivity contribution in [2.75, 3.05) is 7.05 Å². The monoisotopic (exact) mass is 234 g/mol. The molecule has 2 aromatic rings. The molecule has 2 heterocycles. The maximum absolute atomic E-state index is 5.47. The average molecular weight is 234 g/mol. The fourth-order valence-corrected chi connectivity index (χ4v) is 1.33. The number of hydrogen-bond acceptors (Lipinski definition) is 6. The van der Waals surface area contributed by atoms with Gasteiger partial charge < -0.3 is 14.6 Å². The molecule has 0 bridgehead atoms. The van der Waals surface area contributed by atoms with Gasteiger partial charge in [-0.25, -0.2) is 0 Å². The van der Waals surface area contributed by atoms with Gasteiger partial charge in [-0.05, 0) is 19.2 Å². The number of ether oxygens (including phenoxy) is 1. The Kier molecular flexibility index (Phi) is 3.66. The molecule has 0 aliphatic carbocycles. The van der Waals surface area contributed by atoms with E-state index in [9.17, 15) is 0 Å². The van der Waals surface area contributed by atoms with Crippen LogP contribution in [0.5, 0.6) is 5.75 Å². The van der Waals surface area contributed by atoms with E-state index in [1.54, 1.807) is 13.1 Å². The van der Waals surface area contributed by atoms with Gasteiger partial charge in [-0.2, -0.15) is 4.98 Å². The minimum Gasteiger partial charge on any atom is -0.484 e. The summed E-state index contributed by atoms with van der Waals surface area (Å²) in [7, 11) is 1.88. The Hall–Kier alpha value is -1.95. The lowest BCUT2D eigenvalue weighted by Crippen LogP contribution is -2.06. The summed E-state index contributed by atoms with van der Waals surface area (Å²) in [6.45, 7) is 2.76. The van der Waals surface area contributed by atoms with Crippen molar-refractivity contribution < 1.29 is 9.26 Å². The maximum atomic E-state index is 5.47. The summed E-state index contributed by atoms with van der Waals surface area (Å²) in [5.74, 6) is 1.75. The van der Waals surface area contributed by atoms with Crippen molar-refractivity contribution in [3.63, 3.8) is 0 Å². The lowest BCUT2D eigenvalue weighted by atomic mass is 10.3. The number of hydrogen-bond donors (Lipinski definition) is 1. The summed E-state index contributed by atoms with van der Waals surface area (Å²) in [4.78, 5) is 8.27. The largest absolute Gasteiger partial charge is 0.484 e. The third-order valence-corrected chi connectivity index (χ3v) is 2.09. The minimum atomic E-state index is 0.282. The molecule has 0 aliphatic rings. The van der Waals surface area contributed by atoms with Crippen LogP contribution >= 0.6 is 0 Å². The van der Waals surface area contributed by atoms with Crippen molar-refractivity contribution in [1.82, 2.24) is 20.4 Å². The molecule has 17 heavy (non-hydrogen) atoms. The van der Waals surface area contributed by atoms with Gasteiger partial charge in [0.15, 0.2) is 6.61 Å². The van der Waals surface area contributed by atoms with Crippen LogP contribution in [0.2, 0.25) is 0 Å². The lowest BCUT2D eigenvalue weighted by Gasteiger charge is -2.03. The van der Waals surface area contributed by atoms with E-state index in [0.29, 0.717) is 17.5 Å². The van der Waals surface area contributed by atoms with Crippen LogP contribution in [-0.4, -0.2) is 22.2 Å². The number of pyridine rings is 1. The highest BCUT2D eigenvalue weighted by molar-refractivity contribution is 5.19. The Morgan fingerprint density at radius 2 is 2.29 bits per heavy atom. The zero-order valence-electron chi connectivity index (χ0n) is 9.80. The molecular formula is C11H14N4O2. The van der Waals surface area contributed by atoms with Gasteiger partial charge in [0.05, 0.1) is 11.9 Å². The van der Waals surface area contributed by atoms with Crippen molar-refractivity contribution >= 4 is 0 Å². The van der Waals surface area contributed by atoms with Crippen molar-refractivity contribution in [3.8, 4) is 5.75 Å². The van der Waals surface area contributed by atoms with Crippen LogP contribution in [0.1, 0.15) is 17.4 Å². The fraction of sp³-hybridized carbons (Fsp3) is 0.364. The standard InChI is InChI=1S/C11H14N4O2/c1-8-14-11(15-17-8)7-16-10-4-3-9(5-12-2)13-6-10/h3-4,6,12H,5,7H2,1-2H3. The molecular weight excluding hydrogens is 220 g/mol. The molecule has 0 saturated carbocycles. The van der Waals surface area contributed by atoms with Gasteiger partial charge >= 0.3 is 0 Å². The van der Waals surface area contributed by atoms with Gasteiger partial charge in [0.1, 0.15) is 5.75 Å². The number of aryl methyl sites for hydroxylation is 1. The molecule has 6 nitrogen and oxygen atoms in total. The van der Waals surface area contributed by atoms with Gasteiger partial charge in [-0.15, -0.1) is 0 Å². The predicted octanol–water partition coefficient (Wildman–Crippen LogP) is 1.07. The second kappa shape index (κ2) is 5.40. The molecule has 90 valence electrons. The van der Waals surface area contributed by atoms with E-state index in [-0.39, 0.29) is 6.61 Å². The molecule has 0 spiro atoms. The number of rotatable bonds is 5. The van der Waals surface area contributed by atoms with E-state index in [2.05, 4.69) is 20.4 Å². The molecule has 0 fully saturated rings. The Bertz CT molecular complexity index is 467. The summed E-state index contributed by atoms with van der Waals surface area (Å²) >= 11 is 0.